The van der Waals surface area contributed by atoms with E-state index in [0.717, 1.165) is 87.7 Å². The van der Waals surface area contributed by atoms with Gasteiger partial charge in [-0.3, -0.25) is 0 Å². The summed E-state index contributed by atoms with van der Waals surface area (Å²) in [5.41, 5.74) is 2.50. The fourth-order valence-electron chi connectivity index (χ4n) is 4.63. The highest BCUT2D eigenvalue weighted by atomic mass is 19.1. The summed E-state index contributed by atoms with van der Waals surface area (Å²) in [7, 11) is 0. The van der Waals surface area contributed by atoms with Crippen LogP contribution in [0.15, 0.2) is 30.3 Å². The molecule has 1 atom stereocenters. The lowest BCUT2D eigenvalue weighted by Crippen LogP contribution is -2.43. The molecule has 1 aromatic carbocycles. The summed E-state index contributed by atoms with van der Waals surface area (Å²) in [6.45, 7) is 2.00. The number of nitrogens with zero attached hydrogens (tertiary/aromatic N) is 2. The van der Waals surface area contributed by atoms with E-state index < -0.39 is 29.7 Å². The van der Waals surface area contributed by atoms with Crippen molar-refractivity contribution >= 4 is 17.9 Å². The lowest BCUT2D eigenvalue weighted by Gasteiger charge is -2.24. The number of hydrogen-bond donors (Lipinski definition) is 3. The SMILES string of the molecule is O=C(NC(CCN(CCCCc1ccc2c(n1)NCCC2)C1CC1)C(=O)O)OCc1cc(F)cc(F)c1. The first kappa shape index (κ1) is 26.8. The number of carbonyl (C=O) groups is 2. The van der Waals surface area contributed by atoms with Gasteiger partial charge >= 0.3 is 12.1 Å². The number of aryl methyl sites for hydroxylation is 2. The van der Waals surface area contributed by atoms with Crippen molar-refractivity contribution < 1.29 is 28.2 Å². The number of halogens is 2. The van der Waals surface area contributed by atoms with Crippen molar-refractivity contribution in [3.8, 4) is 0 Å². The van der Waals surface area contributed by atoms with Gasteiger partial charge in [0, 0.05) is 30.9 Å². The Morgan fingerprint density at radius 1 is 1.16 bits per heavy atom. The topological polar surface area (TPSA) is 104 Å². The van der Waals surface area contributed by atoms with Crippen LogP contribution in [-0.2, 0) is 29.0 Å². The molecule has 1 aliphatic heterocycles. The number of anilines is 1. The minimum atomic E-state index is -1.16. The predicted molar refractivity (Wildman–Crippen MR) is 134 cm³/mol. The van der Waals surface area contributed by atoms with Gasteiger partial charge in [0.25, 0.3) is 0 Å². The number of alkyl carbamates (subject to hydrolysis) is 1. The number of carbonyl (C=O) groups excluding carboxylic acids is 1. The number of ether oxygens (including phenoxy) is 1. The van der Waals surface area contributed by atoms with Crippen molar-refractivity contribution in [2.24, 2.45) is 0 Å². The molecule has 1 aliphatic carbocycles. The Balaban J connectivity index is 1.19. The third kappa shape index (κ3) is 8.38. The molecule has 1 fully saturated rings. The van der Waals surface area contributed by atoms with Gasteiger partial charge in [-0.1, -0.05) is 6.07 Å². The number of aliphatic carboxylic acids is 1. The van der Waals surface area contributed by atoms with Crippen LogP contribution in [0.25, 0.3) is 0 Å². The minimum Gasteiger partial charge on any atom is -0.480 e. The lowest BCUT2D eigenvalue weighted by molar-refractivity contribution is -0.139. The van der Waals surface area contributed by atoms with E-state index in [1.54, 1.807) is 0 Å². The van der Waals surface area contributed by atoms with Crippen LogP contribution in [-0.4, -0.2) is 58.8 Å². The van der Waals surface area contributed by atoms with Crippen LogP contribution in [0, 0.1) is 11.6 Å². The summed E-state index contributed by atoms with van der Waals surface area (Å²) in [6.07, 6.45) is 6.54. The fraction of sp³-hybridized carbons (Fsp3) is 0.519. The molecule has 4 rings (SSSR count). The second-order valence-corrected chi connectivity index (χ2v) is 9.74. The van der Waals surface area contributed by atoms with Crippen LogP contribution in [0.2, 0.25) is 0 Å². The molecule has 2 aromatic rings. The molecule has 0 saturated heterocycles. The molecule has 0 spiro atoms. The number of amides is 1. The average Bonchev–Trinajstić information content (AvgIpc) is 3.71. The molecule has 1 saturated carbocycles. The highest BCUT2D eigenvalue weighted by Crippen LogP contribution is 2.27. The molecule has 37 heavy (non-hydrogen) atoms. The molecule has 1 amide bonds. The highest BCUT2D eigenvalue weighted by molar-refractivity contribution is 5.79. The molecule has 0 bridgehead atoms. The van der Waals surface area contributed by atoms with Crippen LogP contribution in [0.1, 0.15) is 55.3 Å². The van der Waals surface area contributed by atoms with E-state index >= 15 is 0 Å². The van der Waals surface area contributed by atoms with Crippen molar-refractivity contribution in [3.05, 3.63) is 58.8 Å². The molecule has 10 heteroatoms. The molecular formula is C27H34F2N4O4. The summed E-state index contributed by atoms with van der Waals surface area (Å²) in [5, 5.41) is 15.3. The van der Waals surface area contributed by atoms with Gasteiger partial charge in [0.2, 0.25) is 0 Å². The van der Waals surface area contributed by atoms with Gasteiger partial charge in [0.15, 0.2) is 0 Å². The van der Waals surface area contributed by atoms with Crippen molar-refractivity contribution in [1.29, 1.82) is 0 Å². The molecule has 2 heterocycles. The molecule has 1 aromatic heterocycles. The van der Waals surface area contributed by atoms with Crippen LogP contribution < -0.4 is 10.6 Å². The number of hydrogen-bond acceptors (Lipinski definition) is 6. The molecule has 0 radical (unpaired) electrons. The van der Waals surface area contributed by atoms with Crippen molar-refractivity contribution in [2.75, 3.05) is 25.0 Å². The normalized spacial score (nSPS) is 15.5. The van der Waals surface area contributed by atoms with E-state index in [9.17, 15) is 23.5 Å². The van der Waals surface area contributed by atoms with Gasteiger partial charge in [-0.05, 0) is 87.2 Å². The highest BCUT2D eigenvalue weighted by Gasteiger charge is 2.30. The number of fused-ring (bicyclic) bond motifs is 1. The number of aromatic nitrogens is 1. The fourth-order valence-corrected chi connectivity index (χ4v) is 4.63. The molecule has 3 N–H and O–H groups in total. The number of benzene rings is 1. The summed E-state index contributed by atoms with van der Waals surface area (Å²) >= 11 is 0. The maximum Gasteiger partial charge on any atom is 0.408 e. The minimum absolute atomic E-state index is 0.140. The number of unbranched alkanes of at least 4 members (excludes halogenated alkanes) is 1. The van der Waals surface area contributed by atoms with Crippen LogP contribution in [0.4, 0.5) is 19.4 Å². The lowest BCUT2D eigenvalue weighted by atomic mass is 10.1. The predicted octanol–water partition coefficient (Wildman–Crippen LogP) is 4.27. The summed E-state index contributed by atoms with van der Waals surface area (Å²) < 4.78 is 31.5. The van der Waals surface area contributed by atoms with Gasteiger partial charge in [0.05, 0.1) is 0 Å². The molecule has 2 aliphatic rings. The van der Waals surface area contributed by atoms with Crippen molar-refractivity contribution in [1.82, 2.24) is 15.2 Å². The number of rotatable bonds is 13. The van der Waals surface area contributed by atoms with Gasteiger partial charge in [-0.25, -0.2) is 23.4 Å². The molecule has 200 valence electrons. The first-order valence-electron chi connectivity index (χ1n) is 12.9. The van der Waals surface area contributed by atoms with Crippen LogP contribution in [0.5, 0.6) is 0 Å². The van der Waals surface area contributed by atoms with Crippen molar-refractivity contribution in [2.45, 2.75) is 70.1 Å². The van der Waals surface area contributed by atoms with E-state index in [2.05, 4.69) is 27.7 Å². The summed E-state index contributed by atoms with van der Waals surface area (Å²) in [5.74, 6) is -1.70. The first-order valence-corrected chi connectivity index (χ1v) is 12.9. The van der Waals surface area contributed by atoms with Crippen LogP contribution in [0.3, 0.4) is 0 Å². The number of carboxylic acids is 1. The Morgan fingerprint density at radius 2 is 1.95 bits per heavy atom. The second-order valence-electron chi connectivity index (χ2n) is 9.74. The van der Waals surface area contributed by atoms with Gasteiger partial charge in [0.1, 0.15) is 30.1 Å². The Morgan fingerprint density at radius 3 is 2.68 bits per heavy atom. The van der Waals surface area contributed by atoms with E-state index in [-0.39, 0.29) is 18.6 Å². The zero-order valence-corrected chi connectivity index (χ0v) is 20.8. The smallest absolute Gasteiger partial charge is 0.408 e. The van der Waals surface area contributed by atoms with E-state index in [1.165, 1.54) is 5.56 Å². The largest absolute Gasteiger partial charge is 0.480 e. The maximum atomic E-state index is 13.3. The van der Waals surface area contributed by atoms with Crippen molar-refractivity contribution in [3.63, 3.8) is 0 Å². The van der Waals surface area contributed by atoms with E-state index in [0.29, 0.717) is 12.6 Å². The maximum absolute atomic E-state index is 13.3. The van der Waals surface area contributed by atoms with Gasteiger partial charge in [-0.2, -0.15) is 0 Å². The average molecular weight is 517 g/mol. The molecule has 1 unspecified atom stereocenters. The Hall–Kier alpha value is -3.27. The number of carboxylic acid groups (broad SMARTS) is 1. The van der Waals surface area contributed by atoms with Gasteiger partial charge in [-0.15, -0.1) is 0 Å². The summed E-state index contributed by atoms with van der Waals surface area (Å²) in [6, 6.07) is 6.44. The third-order valence-electron chi connectivity index (χ3n) is 6.73. The molecule has 8 nitrogen and oxygen atoms in total. The second kappa shape index (κ2) is 12.8. The van der Waals surface area contributed by atoms with Crippen LogP contribution >= 0.6 is 0 Å². The number of pyridine rings is 1. The quantitative estimate of drug-likeness (QED) is 0.342. The third-order valence-corrected chi connectivity index (χ3v) is 6.73. The van der Waals surface area contributed by atoms with E-state index in [1.807, 2.05) is 0 Å². The Bertz CT molecular complexity index is 1080. The monoisotopic (exact) mass is 516 g/mol. The van der Waals surface area contributed by atoms with E-state index in [4.69, 9.17) is 9.72 Å². The first-order chi connectivity index (χ1) is 17.9. The molecular weight excluding hydrogens is 482 g/mol. The van der Waals surface area contributed by atoms with Gasteiger partial charge < -0.3 is 25.4 Å². The number of nitrogens with one attached hydrogen (secondary N) is 2. The summed E-state index contributed by atoms with van der Waals surface area (Å²) in [4.78, 5) is 30.9. The Labute approximate surface area is 215 Å². The Kier molecular flexibility index (Phi) is 9.27. The zero-order valence-electron chi connectivity index (χ0n) is 20.8. The standard InChI is InChI=1S/C27H34F2N4O4/c28-20-14-18(15-21(29)16-20)17-37-27(36)32-24(26(34)35)10-13-33(23-8-9-23)12-2-1-5-22-7-6-19-4-3-11-30-25(19)31-22/h6-7,14-16,23-24H,1-5,8-13,17H2,(H,30,31)(H,32,36)(H,34,35). The zero-order chi connectivity index (χ0) is 26.2.